The normalized spacial score (nSPS) is 15.3. The van der Waals surface area contributed by atoms with Crippen molar-refractivity contribution in [3.05, 3.63) is 27.9 Å². The monoisotopic (exact) mass is 292 g/mol. The Morgan fingerprint density at radius 2 is 2.24 bits per heavy atom. The zero-order chi connectivity index (χ0) is 15.5. The molecule has 2 rings (SSSR count). The van der Waals surface area contributed by atoms with Gasteiger partial charge in [0.1, 0.15) is 17.6 Å². The van der Waals surface area contributed by atoms with E-state index in [0.717, 1.165) is 31.9 Å². The summed E-state index contributed by atoms with van der Waals surface area (Å²) in [6, 6.07) is 1.41. The average Bonchev–Trinajstić information content (AvgIpc) is 3.24. The van der Waals surface area contributed by atoms with E-state index in [1.165, 1.54) is 6.07 Å². The van der Waals surface area contributed by atoms with E-state index in [2.05, 4.69) is 22.5 Å². The van der Waals surface area contributed by atoms with Crippen LogP contribution >= 0.6 is 0 Å². The van der Waals surface area contributed by atoms with Crippen molar-refractivity contribution in [2.24, 2.45) is 5.41 Å². The summed E-state index contributed by atoms with van der Waals surface area (Å²) in [5.74, 6) is 0.0171. The predicted molar refractivity (Wildman–Crippen MR) is 79.3 cm³/mol. The molecule has 1 heterocycles. The van der Waals surface area contributed by atoms with Gasteiger partial charge in [-0.1, -0.05) is 13.3 Å². The fourth-order valence-electron chi connectivity index (χ4n) is 2.50. The molecule has 0 aliphatic heterocycles. The molecule has 1 aromatic rings. The van der Waals surface area contributed by atoms with Gasteiger partial charge >= 0.3 is 0 Å². The van der Waals surface area contributed by atoms with Crippen LogP contribution in [0.15, 0.2) is 12.3 Å². The molecule has 7 nitrogen and oxygen atoms in total. The van der Waals surface area contributed by atoms with Crippen molar-refractivity contribution in [1.29, 1.82) is 0 Å². The number of nitrogens with one attached hydrogen (secondary N) is 2. The Labute approximate surface area is 123 Å². The number of anilines is 1. The second kappa shape index (κ2) is 6.07. The van der Waals surface area contributed by atoms with Crippen LogP contribution in [0.2, 0.25) is 0 Å². The van der Waals surface area contributed by atoms with Gasteiger partial charge < -0.3 is 10.6 Å². The van der Waals surface area contributed by atoms with Crippen LogP contribution in [0.1, 0.15) is 43.0 Å². The number of amides is 1. The molecule has 2 N–H and O–H groups in total. The predicted octanol–water partition coefficient (Wildman–Crippen LogP) is 2.34. The summed E-state index contributed by atoms with van der Waals surface area (Å²) in [5.41, 5.74) is -0.0172. The number of rotatable bonds is 7. The Kier molecular flexibility index (Phi) is 4.40. The molecular weight excluding hydrogens is 272 g/mol. The van der Waals surface area contributed by atoms with Gasteiger partial charge in [-0.05, 0) is 24.7 Å². The van der Waals surface area contributed by atoms with Gasteiger partial charge in [-0.3, -0.25) is 14.9 Å². The number of carbonyl (C=O) groups excluding carboxylic acids is 1. The van der Waals surface area contributed by atoms with Gasteiger partial charge in [-0.15, -0.1) is 0 Å². The summed E-state index contributed by atoms with van der Waals surface area (Å²) >= 11 is 0. The molecule has 1 saturated carbocycles. The van der Waals surface area contributed by atoms with Crippen molar-refractivity contribution in [2.75, 3.05) is 18.9 Å². The van der Waals surface area contributed by atoms with Crippen LogP contribution in [0.4, 0.5) is 11.5 Å². The Hall–Kier alpha value is -2.18. The Morgan fingerprint density at radius 1 is 1.52 bits per heavy atom. The number of pyridine rings is 1. The highest BCUT2D eigenvalue weighted by atomic mass is 16.6. The summed E-state index contributed by atoms with van der Waals surface area (Å²) in [6.45, 7) is 2.70. The van der Waals surface area contributed by atoms with Crippen molar-refractivity contribution in [1.82, 2.24) is 10.3 Å². The van der Waals surface area contributed by atoms with Gasteiger partial charge in [0.05, 0.1) is 4.92 Å². The highest BCUT2D eigenvalue weighted by Crippen LogP contribution is 2.48. The first-order valence-electron chi connectivity index (χ1n) is 7.12. The average molecular weight is 292 g/mol. The van der Waals surface area contributed by atoms with Crippen LogP contribution in [-0.2, 0) is 0 Å². The van der Waals surface area contributed by atoms with Crippen molar-refractivity contribution < 1.29 is 9.72 Å². The summed E-state index contributed by atoms with van der Waals surface area (Å²) < 4.78 is 0. The van der Waals surface area contributed by atoms with Crippen LogP contribution in [-0.4, -0.2) is 29.4 Å². The van der Waals surface area contributed by atoms with Crippen LogP contribution in [0.3, 0.4) is 0 Å². The number of nitrogens with zero attached hydrogens (tertiary/aromatic N) is 2. The Balaban J connectivity index is 2.12. The van der Waals surface area contributed by atoms with Crippen molar-refractivity contribution in [2.45, 2.75) is 32.6 Å². The van der Waals surface area contributed by atoms with Crippen LogP contribution in [0.25, 0.3) is 0 Å². The fourth-order valence-corrected chi connectivity index (χ4v) is 2.50. The van der Waals surface area contributed by atoms with Gasteiger partial charge in [-0.2, -0.15) is 0 Å². The topological polar surface area (TPSA) is 97.2 Å². The molecule has 1 aromatic heterocycles. The molecule has 0 unspecified atom stereocenters. The Bertz CT molecular complexity index is 555. The third-order valence-electron chi connectivity index (χ3n) is 3.94. The summed E-state index contributed by atoms with van der Waals surface area (Å²) in [5, 5.41) is 16.6. The molecule has 114 valence electrons. The standard InChI is InChI=1S/C14H20N4O3/c1-3-4-14(5-6-14)9-17-13(19)10-7-12(15-2)16-8-11(10)18(20)21/h7-8H,3-6,9H2,1-2H3,(H,15,16)(H,17,19). The SMILES string of the molecule is CCCC1(CNC(=O)c2cc(NC)ncc2[N+](=O)[O-])CC1. The van der Waals surface area contributed by atoms with E-state index in [1.807, 2.05) is 0 Å². The molecule has 0 saturated heterocycles. The van der Waals surface area contributed by atoms with Crippen molar-refractivity contribution >= 4 is 17.4 Å². The third-order valence-corrected chi connectivity index (χ3v) is 3.94. The van der Waals surface area contributed by atoms with E-state index in [-0.39, 0.29) is 16.7 Å². The van der Waals surface area contributed by atoms with Gasteiger partial charge in [0.15, 0.2) is 0 Å². The zero-order valence-corrected chi connectivity index (χ0v) is 12.3. The lowest BCUT2D eigenvalue weighted by molar-refractivity contribution is -0.385. The minimum absolute atomic E-state index is 0.0478. The van der Waals surface area contributed by atoms with Gasteiger partial charge in [0.2, 0.25) is 0 Å². The molecule has 1 fully saturated rings. The lowest BCUT2D eigenvalue weighted by Gasteiger charge is -2.15. The maximum Gasteiger partial charge on any atom is 0.300 e. The van der Waals surface area contributed by atoms with Gasteiger partial charge in [0, 0.05) is 19.7 Å². The first-order chi connectivity index (χ1) is 10.0. The van der Waals surface area contributed by atoms with E-state index in [1.54, 1.807) is 7.05 Å². The number of aromatic nitrogens is 1. The molecule has 0 bridgehead atoms. The quantitative estimate of drug-likeness (QED) is 0.594. The van der Waals surface area contributed by atoms with Crippen molar-refractivity contribution in [3.63, 3.8) is 0 Å². The first kappa shape index (κ1) is 15.2. The third kappa shape index (κ3) is 3.48. The Morgan fingerprint density at radius 3 is 2.76 bits per heavy atom. The first-order valence-corrected chi connectivity index (χ1v) is 7.12. The van der Waals surface area contributed by atoms with E-state index in [0.29, 0.717) is 12.4 Å². The zero-order valence-electron chi connectivity index (χ0n) is 12.3. The minimum atomic E-state index is -0.583. The number of nitro groups is 1. The maximum atomic E-state index is 12.2. The highest BCUT2D eigenvalue weighted by molar-refractivity contribution is 5.98. The molecule has 7 heteroatoms. The molecule has 1 amide bonds. The smallest absolute Gasteiger partial charge is 0.300 e. The lowest BCUT2D eigenvalue weighted by atomic mass is 10.0. The summed E-state index contributed by atoms with van der Waals surface area (Å²) in [7, 11) is 1.65. The van der Waals surface area contributed by atoms with E-state index >= 15 is 0 Å². The second-order valence-electron chi connectivity index (χ2n) is 5.53. The summed E-state index contributed by atoms with van der Waals surface area (Å²) in [4.78, 5) is 26.5. The fraction of sp³-hybridized carbons (Fsp3) is 0.571. The summed E-state index contributed by atoms with van der Waals surface area (Å²) in [6.07, 6.45) is 5.49. The van der Waals surface area contributed by atoms with E-state index in [4.69, 9.17) is 0 Å². The molecule has 1 aliphatic rings. The van der Waals surface area contributed by atoms with Gasteiger partial charge in [0.25, 0.3) is 11.6 Å². The molecule has 1 aliphatic carbocycles. The second-order valence-corrected chi connectivity index (χ2v) is 5.53. The molecule has 0 spiro atoms. The molecular formula is C14H20N4O3. The molecule has 0 radical (unpaired) electrons. The largest absolute Gasteiger partial charge is 0.373 e. The van der Waals surface area contributed by atoms with Crippen LogP contribution < -0.4 is 10.6 Å². The number of carbonyl (C=O) groups is 1. The van der Waals surface area contributed by atoms with Crippen LogP contribution in [0.5, 0.6) is 0 Å². The van der Waals surface area contributed by atoms with E-state index < -0.39 is 10.8 Å². The molecule has 0 atom stereocenters. The minimum Gasteiger partial charge on any atom is -0.373 e. The van der Waals surface area contributed by atoms with E-state index in [9.17, 15) is 14.9 Å². The lowest BCUT2D eigenvalue weighted by Crippen LogP contribution is -2.30. The maximum absolute atomic E-state index is 12.2. The van der Waals surface area contributed by atoms with Crippen molar-refractivity contribution in [3.8, 4) is 0 Å². The van der Waals surface area contributed by atoms with Gasteiger partial charge in [-0.25, -0.2) is 4.98 Å². The molecule has 0 aromatic carbocycles. The number of hydrogen-bond acceptors (Lipinski definition) is 5. The number of hydrogen-bond donors (Lipinski definition) is 2. The molecule has 21 heavy (non-hydrogen) atoms. The van der Waals surface area contributed by atoms with Crippen LogP contribution in [0, 0.1) is 15.5 Å². The highest BCUT2D eigenvalue weighted by Gasteiger charge is 2.41.